The number of pyridine rings is 1. The van der Waals surface area contributed by atoms with Crippen LogP contribution in [0.25, 0.3) is 28.2 Å². The third-order valence-corrected chi connectivity index (χ3v) is 6.87. The van der Waals surface area contributed by atoms with Crippen molar-refractivity contribution in [3.05, 3.63) is 58.9 Å². The van der Waals surface area contributed by atoms with Crippen LogP contribution < -0.4 is 4.90 Å². The van der Waals surface area contributed by atoms with Crippen molar-refractivity contribution in [3.8, 4) is 17.2 Å². The molecule has 2 aliphatic rings. The van der Waals surface area contributed by atoms with E-state index in [1.54, 1.807) is 17.2 Å². The van der Waals surface area contributed by atoms with E-state index in [-0.39, 0.29) is 24.9 Å². The Labute approximate surface area is 209 Å². The van der Waals surface area contributed by atoms with Gasteiger partial charge in [-0.15, -0.1) is 0 Å². The molecular weight excluding hydrogens is 454 g/mol. The maximum Gasteiger partial charge on any atom is 0.224 e. The van der Waals surface area contributed by atoms with Gasteiger partial charge in [0.15, 0.2) is 0 Å². The summed E-state index contributed by atoms with van der Waals surface area (Å²) in [7, 11) is 0. The van der Waals surface area contributed by atoms with Gasteiger partial charge < -0.3 is 9.80 Å². The Morgan fingerprint density at radius 1 is 1.28 bits per heavy atom. The topological polar surface area (TPSA) is 115 Å². The first-order valence-corrected chi connectivity index (χ1v) is 12.2. The number of hydrogen-bond acceptors (Lipinski definition) is 8. The van der Waals surface area contributed by atoms with Crippen LogP contribution >= 0.6 is 0 Å². The van der Waals surface area contributed by atoms with E-state index >= 15 is 0 Å². The van der Waals surface area contributed by atoms with Crippen LogP contribution in [0.1, 0.15) is 49.1 Å². The SMILES string of the molecule is C=Cc1cnc2c(-c3cc(C#N)c(N4CCN(C(=O)CCN=O)C(C)C4)nc3C3CC3)cccc2n1. The molecule has 182 valence electrons. The summed E-state index contributed by atoms with van der Waals surface area (Å²) in [6.45, 7) is 7.40. The monoisotopic (exact) mass is 481 g/mol. The molecule has 1 aromatic carbocycles. The number of hydrogen-bond donors (Lipinski definition) is 0. The molecule has 1 saturated heterocycles. The minimum Gasteiger partial charge on any atom is -0.352 e. The van der Waals surface area contributed by atoms with Gasteiger partial charge >= 0.3 is 0 Å². The second-order valence-corrected chi connectivity index (χ2v) is 9.34. The fourth-order valence-corrected chi connectivity index (χ4v) is 4.90. The van der Waals surface area contributed by atoms with Crippen LogP contribution in [0.4, 0.5) is 5.82 Å². The number of para-hydroxylation sites is 1. The fourth-order valence-electron chi connectivity index (χ4n) is 4.90. The molecule has 5 rings (SSSR count). The normalized spacial score (nSPS) is 17.6. The quantitative estimate of drug-likeness (QED) is 0.463. The predicted molar refractivity (Wildman–Crippen MR) is 138 cm³/mol. The van der Waals surface area contributed by atoms with Gasteiger partial charge in [0.25, 0.3) is 0 Å². The van der Waals surface area contributed by atoms with Crippen molar-refractivity contribution in [1.82, 2.24) is 19.9 Å². The van der Waals surface area contributed by atoms with Crippen molar-refractivity contribution in [3.63, 3.8) is 0 Å². The van der Waals surface area contributed by atoms with E-state index in [4.69, 9.17) is 4.98 Å². The highest BCUT2D eigenvalue weighted by Crippen LogP contribution is 2.45. The van der Waals surface area contributed by atoms with Crippen LogP contribution in [0.15, 0.2) is 42.2 Å². The van der Waals surface area contributed by atoms with E-state index in [2.05, 4.69) is 32.7 Å². The number of amides is 1. The van der Waals surface area contributed by atoms with Crippen molar-refractivity contribution in [2.75, 3.05) is 31.1 Å². The van der Waals surface area contributed by atoms with E-state index in [1.165, 1.54) is 0 Å². The van der Waals surface area contributed by atoms with Gasteiger partial charge in [-0.1, -0.05) is 23.9 Å². The molecule has 1 aliphatic carbocycles. The number of nitriles is 1. The lowest BCUT2D eigenvalue weighted by Crippen LogP contribution is -2.54. The van der Waals surface area contributed by atoms with Gasteiger partial charge in [-0.05, 0) is 38.0 Å². The Bertz CT molecular complexity index is 1390. The lowest BCUT2D eigenvalue weighted by Gasteiger charge is -2.40. The Morgan fingerprint density at radius 3 is 2.81 bits per heavy atom. The van der Waals surface area contributed by atoms with Crippen LogP contribution in [-0.2, 0) is 4.79 Å². The number of fused-ring (bicyclic) bond motifs is 1. The lowest BCUT2D eigenvalue weighted by molar-refractivity contribution is -0.133. The smallest absolute Gasteiger partial charge is 0.224 e. The van der Waals surface area contributed by atoms with Crippen LogP contribution in [0.2, 0.25) is 0 Å². The molecule has 9 nitrogen and oxygen atoms in total. The molecule has 0 bridgehead atoms. The van der Waals surface area contributed by atoms with E-state index < -0.39 is 0 Å². The van der Waals surface area contributed by atoms with Gasteiger partial charge in [0.1, 0.15) is 11.9 Å². The number of nitroso groups, excluding NO2 is 1. The van der Waals surface area contributed by atoms with Crippen molar-refractivity contribution in [1.29, 1.82) is 5.26 Å². The molecule has 0 radical (unpaired) electrons. The van der Waals surface area contributed by atoms with Gasteiger partial charge in [0.05, 0.1) is 40.7 Å². The Kier molecular flexibility index (Phi) is 6.42. The van der Waals surface area contributed by atoms with Crippen LogP contribution in [0, 0.1) is 16.2 Å². The van der Waals surface area contributed by atoms with E-state index in [0.717, 1.165) is 40.7 Å². The molecule has 1 saturated carbocycles. The first-order chi connectivity index (χ1) is 17.5. The van der Waals surface area contributed by atoms with Crippen LogP contribution in [0.5, 0.6) is 0 Å². The number of carbonyl (C=O) groups is 1. The lowest BCUT2D eigenvalue weighted by atomic mass is 9.97. The van der Waals surface area contributed by atoms with Crippen LogP contribution in [-0.4, -0.2) is 58.0 Å². The minimum atomic E-state index is -0.0686. The summed E-state index contributed by atoms with van der Waals surface area (Å²) in [6.07, 6.45) is 5.62. The van der Waals surface area contributed by atoms with Crippen molar-refractivity contribution < 1.29 is 4.79 Å². The molecule has 1 amide bonds. The standard InChI is InChI=1S/C27H27N7O2/c1-3-20-15-29-26-21(5-4-6-23(26)31-20)22-13-19(14-28)27(32-25(22)18-7-8-18)33-11-12-34(17(2)16-33)24(35)9-10-30-36/h3-6,13,15,17-18H,1,7-12,16H2,2H3. The molecule has 2 aromatic heterocycles. The summed E-state index contributed by atoms with van der Waals surface area (Å²) in [4.78, 5) is 41.1. The maximum atomic E-state index is 12.5. The minimum absolute atomic E-state index is 0.00837. The average molecular weight is 482 g/mol. The fraction of sp³-hybridized carbons (Fsp3) is 0.370. The van der Waals surface area contributed by atoms with E-state index in [1.807, 2.05) is 31.2 Å². The summed E-state index contributed by atoms with van der Waals surface area (Å²) in [5, 5.41) is 12.9. The Morgan fingerprint density at radius 2 is 2.11 bits per heavy atom. The van der Waals surface area contributed by atoms with Gasteiger partial charge in [0.2, 0.25) is 5.91 Å². The molecule has 36 heavy (non-hydrogen) atoms. The summed E-state index contributed by atoms with van der Waals surface area (Å²) in [5.74, 6) is 0.941. The molecule has 3 aromatic rings. The van der Waals surface area contributed by atoms with Gasteiger partial charge in [-0.2, -0.15) is 10.2 Å². The zero-order valence-corrected chi connectivity index (χ0v) is 20.2. The molecule has 1 unspecified atom stereocenters. The zero-order chi connectivity index (χ0) is 25.2. The summed E-state index contributed by atoms with van der Waals surface area (Å²) >= 11 is 0. The second-order valence-electron chi connectivity index (χ2n) is 9.34. The van der Waals surface area contributed by atoms with Crippen molar-refractivity contribution in [2.24, 2.45) is 5.18 Å². The first-order valence-electron chi connectivity index (χ1n) is 12.2. The number of nitrogens with zero attached hydrogens (tertiary/aromatic N) is 7. The van der Waals surface area contributed by atoms with E-state index in [0.29, 0.717) is 42.6 Å². The Balaban J connectivity index is 1.52. The number of aromatic nitrogens is 3. The summed E-state index contributed by atoms with van der Waals surface area (Å²) in [6, 6.07) is 10.1. The van der Waals surface area contributed by atoms with Gasteiger partial charge in [-0.3, -0.25) is 9.78 Å². The molecule has 0 spiro atoms. The highest BCUT2D eigenvalue weighted by Gasteiger charge is 2.33. The summed E-state index contributed by atoms with van der Waals surface area (Å²) < 4.78 is 0. The van der Waals surface area contributed by atoms with Crippen molar-refractivity contribution >= 4 is 28.8 Å². The third kappa shape index (κ3) is 4.42. The third-order valence-electron chi connectivity index (χ3n) is 6.87. The highest BCUT2D eigenvalue weighted by atomic mass is 16.3. The molecule has 1 aliphatic heterocycles. The van der Waals surface area contributed by atoms with Gasteiger partial charge in [0, 0.05) is 49.1 Å². The zero-order valence-electron chi connectivity index (χ0n) is 20.2. The number of carbonyl (C=O) groups excluding carboxylic acids is 1. The first kappa shape index (κ1) is 23.5. The molecule has 3 heterocycles. The average Bonchev–Trinajstić information content (AvgIpc) is 3.75. The molecule has 1 atom stereocenters. The Hall–Kier alpha value is -4.19. The number of benzene rings is 1. The highest BCUT2D eigenvalue weighted by molar-refractivity contribution is 5.93. The molecule has 0 N–H and O–H groups in total. The second kappa shape index (κ2) is 9.82. The van der Waals surface area contributed by atoms with Crippen LogP contribution in [0.3, 0.4) is 0 Å². The molecule has 2 fully saturated rings. The predicted octanol–water partition coefficient (Wildman–Crippen LogP) is 4.28. The van der Waals surface area contributed by atoms with Gasteiger partial charge in [-0.25, -0.2) is 9.97 Å². The molecular formula is C27H27N7O2. The summed E-state index contributed by atoms with van der Waals surface area (Å²) in [5.41, 5.74) is 5.58. The van der Waals surface area contributed by atoms with E-state index in [9.17, 15) is 15.0 Å². The number of piperazine rings is 1. The number of anilines is 1. The largest absolute Gasteiger partial charge is 0.352 e. The maximum absolute atomic E-state index is 12.5. The number of rotatable bonds is 7. The molecule has 9 heteroatoms. The van der Waals surface area contributed by atoms with Crippen molar-refractivity contribution in [2.45, 2.75) is 38.1 Å².